The molecule has 1 N–H and O–H groups in total. The summed E-state index contributed by atoms with van der Waals surface area (Å²) in [6, 6.07) is 0. The number of nitrogens with zero attached hydrogens (tertiary/aromatic N) is 3. The predicted molar refractivity (Wildman–Crippen MR) is 47.3 cm³/mol. The summed E-state index contributed by atoms with van der Waals surface area (Å²) in [6.07, 6.45) is 4.79. The molecule has 5 heteroatoms. The van der Waals surface area contributed by atoms with Crippen molar-refractivity contribution in [2.45, 2.75) is 25.8 Å². The maximum atomic E-state index is 4.61. The first kappa shape index (κ1) is 8.22. The van der Waals surface area contributed by atoms with E-state index in [2.05, 4.69) is 25.0 Å². The van der Waals surface area contributed by atoms with Crippen molar-refractivity contribution in [3.63, 3.8) is 0 Å². The molecule has 1 aliphatic heterocycles. The van der Waals surface area contributed by atoms with E-state index < -0.39 is 0 Å². The van der Waals surface area contributed by atoms with Crippen molar-refractivity contribution in [2.24, 2.45) is 4.99 Å². The minimum absolute atomic E-state index is 0.606. The van der Waals surface area contributed by atoms with Crippen LogP contribution in [-0.2, 0) is 6.54 Å². The summed E-state index contributed by atoms with van der Waals surface area (Å²) in [6.45, 7) is 1.55. The topological polar surface area (TPSA) is 63.3 Å². The van der Waals surface area contributed by atoms with Gasteiger partial charge in [-0.05, 0) is 12.8 Å². The lowest BCUT2D eigenvalue weighted by atomic mass is 10.2. The van der Waals surface area contributed by atoms with Gasteiger partial charge in [0, 0.05) is 13.0 Å². The first-order valence-electron chi connectivity index (χ1n) is 4.47. The molecular formula is C8H12N4O. The van der Waals surface area contributed by atoms with Crippen LogP contribution in [0, 0.1) is 0 Å². The largest absolute Gasteiger partial charge is 0.366 e. The lowest BCUT2D eigenvalue weighted by Gasteiger charge is -2.12. The van der Waals surface area contributed by atoms with Crippen LogP contribution in [0.15, 0.2) is 15.9 Å². The molecule has 70 valence electrons. The van der Waals surface area contributed by atoms with Crippen LogP contribution in [0.3, 0.4) is 0 Å². The van der Waals surface area contributed by atoms with E-state index in [4.69, 9.17) is 0 Å². The number of aromatic nitrogens is 2. The van der Waals surface area contributed by atoms with Crippen LogP contribution in [0.5, 0.6) is 0 Å². The second-order valence-electron chi connectivity index (χ2n) is 2.99. The molecule has 2 heterocycles. The minimum Gasteiger partial charge on any atom is -0.366 e. The Morgan fingerprint density at radius 2 is 2.46 bits per heavy atom. The average molecular weight is 180 g/mol. The molecule has 0 spiro atoms. The summed E-state index contributed by atoms with van der Waals surface area (Å²) in [5.41, 5.74) is 0. The first-order chi connectivity index (χ1) is 6.45. The van der Waals surface area contributed by atoms with E-state index in [9.17, 15) is 0 Å². The summed E-state index contributed by atoms with van der Waals surface area (Å²) in [5, 5.41) is 6.89. The number of aliphatic imine (C=N–C) groups is 1. The molecule has 0 aliphatic carbocycles. The molecule has 1 aromatic heterocycles. The van der Waals surface area contributed by atoms with Crippen LogP contribution in [0.25, 0.3) is 0 Å². The van der Waals surface area contributed by atoms with Gasteiger partial charge >= 0.3 is 0 Å². The first-order valence-corrected chi connectivity index (χ1v) is 4.47. The van der Waals surface area contributed by atoms with Gasteiger partial charge in [-0.2, -0.15) is 4.98 Å². The molecule has 0 unspecified atom stereocenters. The summed E-state index contributed by atoms with van der Waals surface area (Å²) < 4.78 is 4.61. The van der Waals surface area contributed by atoms with E-state index >= 15 is 0 Å². The Hall–Kier alpha value is -1.39. The molecule has 0 saturated carbocycles. The zero-order chi connectivity index (χ0) is 8.93. The Morgan fingerprint density at radius 1 is 1.46 bits per heavy atom. The van der Waals surface area contributed by atoms with Crippen LogP contribution in [-0.4, -0.2) is 22.5 Å². The van der Waals surface area contributed by atoms with Gasteiger partial charge in [0.25, 0.3) is 0 Å². The third-order valence-electron chi connectivity index (χ3n) is 1.98. The summed E-state index contributed by atoms with van der Waals surface area (Å²) in [7, 11) is 0. The maximum Gasteiger partial charge on any atom is 0.213 e. The Bertz CT molecular complexity index is 280. The zero-order valence-electron chi connectivity index (χ0n) is 7.36. The van der Waals surface area contributed by atoms with E-state index in [1.165, 1.54) is 19.2 Å². The molecule has 0 aromatic carbocycles. The van der Waals surface area contributed by atoms with E-state index in [-0.39, 0.29) is 0 Å². The average Bonchev–Trinajstić information content (AvgIpc) is 2.69. The third kappa shape index (κ3) is 2.27. The van der Waals surface area contributed by atoms with Gasteiger partial charge in [0.1, 0.15) is 0 Å². The van der Waals surface area contributed by atoms with E-state index in [1.54, 1.807) is 0 Å². The van der Waals surface area contributed by atoms with E-state index in [1.807, 2.05) is 0 Å². The molecule has 13 heavy (non-hydrogen) atoms. The molecule has 0 bridgehead atoms. The summed E-state index contributed by atoms with van der Waals surface area (Å²) in [5.74, 6) is 1.74. The van der Waals surface area contributed by atoms with Crippen molar-refractivity contribution in [1.82, 2.24) is 15.5 Å². The van der Waals surface area contributed by atoms with Crippen molar-refractivity contribution >= 4 is 5.84 Å². The van der Waals surface area contributed by atoms with Gasteiger partial charge in [-0.15, -0.1) is 0 Å². The Labute approximate surface area is 76.2 Å². The van der Waals surface area contributed by atoms with Crippen molar-refractivity contribution in [1.29, 1.82) is 0 Å². The van der Waals surface area contributed by atoms with Gasteiger partial charge in [-0.25, -0.2) is 0 Å². The molecule has 1 aliphatic rings. The molecule has 0 amide bonds. The predicted octanol–water partition coefficient (Wildman–Crippen LogP) is 0.742. The number of rotatable bonds is 2. The van der Waals surface area contributed by atoms with Crippen molar-refractivity contribution in [3.8, 4) is 0 Å². The Balaban J connectivity index is 1.82. The lowest BCUT2D eigenvalue weighted by molar-refractivity contribution is 0.409. The highest BCUT2D eigenvalue weighted by Gasteiger charge is 2.05. The second kappa shape index (κ2) is 4.02. The maximum absolute atomic E-state index is 4.61. The molecule has 2 rings (SSSR count). The molecule has 0 radical (unpaired) electrons. The van der Waals surface area contributed by atoms with Gasteiger partial charge in [0.05, 0.1) is 12.4 Å². The van der Waals surface area contributed by atoms with Crippen LogP contribution in [0.2, 0.25) is 0 Å². The number of hydrogen-bond donors (Lipinski definition) is 1. The van der Waals surface area contributed by atoms with Gasteiger partial charge in [0.15, 0.2) is 5.82 Å². The van der Waals surface area contributed by atoms with Crippen molar-refractivity contribution in [3.05, 3.63) is 12.2 Å². The monoisotopic (exact) mass is 180 g/mol. The molecule has 0 atom stereocenters. The standard InChI is InChI=1S/C8H12N4O/c1-2-4-9-7(3-1)10-5-8-11-6-13-12-8/h6H,1-5H2,(H,9,10). The molecule has 0 saturated heterocycles. The zero-order valence-corrected chi connectivity index (χ0v) is 7.36. The Kier molecular flexibility index (Phi) is 2.54. The van der Waals surface area contributed by atoms with E-state index in [0.29, 0.717) is 12.4 Å². The molecule has 1 aromatic rings. The van der Waals surface area contributed by atoms with Crippen molar-refractivity contribution < 1.29 is 4.52 Å². The minimum atomic E-state index is 0.606. The summed E-state index contributed by atoms with van der Waals surface area (Å²) >= 11 is 0. The molecule has 5 nitrogen and oxygen atoms in total. The second-order valence-corrected chi connectivity index (χ2v) is 2.99. The van der Waals surface area contributed by atoms with Crippen LogP contribution < -0.4 is 5.32 Å². The third-order valence-corrected chi connectivity index (χ3v) is 1.98. The highest BCUT2D eigenvalue weighted by atomic mass is 16.5. The summed E-state index contributed by atoms with van der Waals surface area (Å²) in [4.78, 5) is 8.25. The van der Waals surface area contributed by atoms with E-state index in [0.717, 1.165) is 18.8 Å². The molecular weight excluding hydrogens is 168 g/mol. The van der Waals surface area contributed by atoms with Crippen LogP contribution >= 0.6 is 0 Å². The SMILES string of the molecule is c1nc(CNC2=NCCCC2)no1. The number of amidine groups is 1. The normalized spacial score (nSPS) is 16.8. The fourth-order valence-corrected chi connectivity index (χ4v) is 1.29. The van der Waals surface area contributed by atoms with Gasteiger partial charge < -0.3 is 9.84 Å². The highest BCUT2D eigenvalue weighted by Crippen LogP contribution is 2.04. The lowest BCUT2D eigenvalue weighted by Crippen LogP contribution is -2.25. The fraction of sp³-hybridized carbons (Fsp3) is 0.625. The van der Waals surface area contributed by atoms with Gasteiger partial charge in [0.2, 0.25) is 6.39 Å². The Morgan fingerprint density at radius 3 is 3.15 bits per heavy atom. The van der Waals surface area contributed by atoms with Crippen LogP contribution in [0.1, 0.15) is 25.1 Å². The number of nitrogens with one attached hydrogen (secondary N) is 1. The van der Waals surface area contributed by atoms with Gasteiger partial charge in [-0.1, -0.05) is 5.16 Å². The quantitative estimate of drug-likeness (QED) is 0.729. The number of hydrogen-bond acceptors (Lipinski definition) is 5. The molecule has 0 fully saturated rings. The van der Waals surface area contributed by atoms with Gasteiger partial charge in [-0.3, -0.25) is 4.99 Å². The van der Waals surface area contributed by atoms with Crippen molar-refractivity contribution in [2.75, 3.05) is 6.54 Å². The van der Waals surface area contributed by atoms with Crippen LogP contribution in [0.4, 0.5) is 0 Å². The fourth-order valence-electron chi connectivity index (χ4n) is 1.29. The smallest absolute Gasteiger partial charge is 0.213 e. The highest BCUT2D eigenvalue weighted by molar-refractivity contribution is 5.82.